The van der Waals surface area contributed by atoms with E-state index in [0.29, 0.717) is 13.0 Å². The van der Waals surface area contributed by atoms with Crippen LogP contribution < -0.4 is 4.90 Å². The molecule has 172 valence electrons. The molecule has 0 saturated carbocycles. The fourth-order valence-corrected chi connectivity index (χ4v) is 5.31. The molecule has 2 fully saturated rings. The summed E-state index contributed by atoms with van der Waals surface area (Å²) in [6, 6.07) is 16.1. The number of aryl methyl sites for hydroxylation is 1. The van der Waals surface area contributed by atoms with Gasteiger partial charge < -0.3 is 14.4 Å². The van der Waals surface area contributed by atoms with Crippen LogP contribution in [0.25, 0.3) is 11.0 Å². The van der Waals surface area contributed by atoms with E-state index in [9.17, 15) is 9.59 Å². The molecule has 0 bridgehead atoms. The van der Waals surface area contributed by atoms with E-state index in [2.05, 4.69) is 17.6 Å². The third kappa shape index (κ3) is 4.26. The molecule has 2 saturated heterocycles. The van der Waals surface area contributed by atoms with Gasteiger partial charge in [0.25, 0.3) is 0 Å². The van der Waals surface area contributed by atoms with Crippen molar-refractivity contribution in [1.82, 2.24) is 14.5 Å². The van der Waals surface area contributed by atoms with Crippen molar-refractivity contribution < 1.29 is 9.59 Å². The van der Waals surface area contributed by atoms with E-state index < -0.39 is 0 Å². The minimum Gasteiger partial charge on any atom is -0.341 e. The summed E-state index contributed by atoms with van der Waals surface area (Å²) in [4.78, 5) is 35.2. The summed E-state index contributed by atoms with van der Waals surface area (Å²) in [5, 5.41) is 0. The lowest BCUT2D eigenvalue weighted by Crippen LogP contribution is -2.35. The number of carbonyl (C=O) groups is 2. The van der Waals surface area contributed by atoms with Gasteiger partial charge in [0, 0.05) is 37.7 Å². The molecular formula is C27H32N4O2. The molecule has 1 unspecified atom stereocenters. The molecule has 3 aromatic rings. The van der Waals surface area contributed by atoms with Crippen molar-refractivity contribution in [3.05, 3.63) is 59.9 Å². The van der Waals surface area contributed by atoms with E-state index in [4.69, 9.17) is 4.98 Å². The molecule has 1 aromatic heterocycles. The fraction of sp³-hybridized carbons (Fsp3) is 0.444. The highest BCUT2D eigenvalue weighted by Crippen LogP contribution is 2.34. The Balaban J connectivity index is 1.46. The number of imidazole rings is 1. The Bertz CT molecular complexity index is 1160. The summed E-state index contributed by atoms with van der Waals surface area (Å²) >= 11 is 0. The van der Waals surface area contributed by atoms with Crippen LogP contribution in [0.4, 0.5) is 5.69 Å². The maximum Gasteiger partial charge on any atom is 0.242 e. The van der Waals surface area contributed by atoms with Gasteiger partial charge in [0.1, 0.15) is 12.4 Å². The maximum absolute atomic E-state index is 13.3. The summed E-state index contributed by atoms with van der Waals surface area (Å²) in [5.74, 6) is 1.09. The van der Waals surface area contributed by atoms with E-state index in [1.165, 1.54) is 18.4 Å². The van der Waals surface area contributed by atoms with Gasteiger partial charge in [-0.1, -0.05) is 50.1 Å². The van der Waals surface area contributed by atoms with Crippen LogP contribution in [0.5, 0.6) is 0 Å². The first kappa shape index (κ1) is 21.7. The quantitative estimate of drug-likeness (QED) is 0.581. The standard InChI is InChI=1S/C27H32N4O2/c1-2-20-11-5-7-13-23(20)30-18-21(17-25(30)32)27-28-22-12-6-8-14-24(22)31(27)19-26(33)29-15-9-3-4-10-16-29/h5-8,11-14,21H,2-4,9-10,15-19H2,1H3. The summed E-state index contributed by atoms with van der Waals surface area (Å²) in [7, 11) is 0. The number of carbonyl (C=O) groups excluding carboxylic acids is 2. The summed E-state index contributed by atoms with van der Waals surface area (Å²) in [6.07, 6.45) is 5.84. The lowest BCUT2D eigenvalue weighted by Gasteiger charge is -2.22. The van der Waals surface area contributed by atoms with Crippen LogP contribution in [0, 0.1) is 0 Å². The number of rotatable bonds is 5. The van der Waals surface area contributed by atoms with E-state index in [1.54, 1.807) is 0 Å². The van der Waals surface area contributed by atoms with Gasteiger partial charge in [0.2, 0.25) is 11.8 Å². The molecule has 2 aromatic carbocycles. The Morgan fingerprint density at radius 3 is 2.52 bits per heavy atom. The van der Waals surface area contributed by atoms with Crippen LogP contribution in [-0.2, 0) is 22.6 Å². The molecule has 2 aliphatic rings. The smallest absolute Gasteiger partial charge is 0.242 e. The van der Waals surface area contributed by atoms with Crippen LogP contribution in [0.1, 0.15) is 56.3 Å². The highest BCUT2D eigenvalue weighted by Gasteiger charge is 2.36. The normalized spacial score (nSPS) is 19.3. The molecule has 0 spiro atoms. The van der Waals surface area contributed by atoms with Crippen LogP contribution in [0.3, 0.4) is 0 Å². The van der Waals surface area contributed by atoms with Gasteiger partial charge in [-0.2, -0.15) is 0 Å². The first-order chi connectivity index (χ1) is 16.2. The highest BCUT2D eigenvalue weighted by molar-refractivity contribution is 5.97. The van der Waals surface area contributed by atoms with Gasteiger partial charge in [-0.3, -0.25) is 9.59 Å². The Hall–Kier alpha value is -3.15. The third-order valence-electron chi connectivity index (χ3n) is 7.09. The van der Waals surface area contributed by atoms with Crippen molar-refractivity contribution in [1.29, 1.82) is 0 Å². The molecule has 2 amide bonds. The van der Waals surface area contributed by atoms with Crippen molar-refractivity contribution in [2.75, 3.05) is 24.5 Å². The van der Waals surface area contributed by atoms with E-state index in [0.717, 1.165) is 54.9 Å². The molecule has 6 heteroatoms. The van der Waals surface area contributed by atoms with Crippen LogP contribution >= 0.6 is 0 Å². The number of aromatic nitrogens is 2. The van der Waals surface area contributed by atoms with Crippen molar-refractivity contribution >= 4 is 28.5 Å². The number of hydrogen-bond donors (Lipinski definition) is 0. The Morgan fingerprint density at radius 2 is 1.73 bits per heavy atom. The number of anilines is 1. The monoisotopic (exact) mass is 444 g/mol. The lowest BCUT2D eigenvalue weighted by molar-refractivity contribution is -0.131. The molecular weight excluding hydrogens is 412 g/mol. The number of hydrogen-bond acceptors (Lipinski definition) is 3. The number of benzene rings is 2. The second kappa shape index (κ2) is 9.38. The zero-order valence-corrected chi connectivity index (χ0v) is 19.4. The molecule has 0 radical (unpaired) electrons. The molecule has 6 nitrogen and oxygen atoms in total. The second-order valence-electron chi connectivity index (χ2n) is 9.23. The molecule has 1 atom stereocenters. The number of para-hydroxylation sites is 3. The topological polar surface area (TPSA) is 58.4 Å². The number of nitrogens with zero attached hydrogens (tertiary/aromatic N) is 4. The molecule has 3 heterocycles. The van der Waals surface area contributed by atoms with Crippen molar-refractivity contribution in [3.8, 4) is 0 Å². The predicted molar refractivity (Wildman–Crippen MR) is 130 cm³/mol. The van der Waals surface area contributed by atoms with Crippen molar-refractivity contribution in [3.63, 3.8) is 0 Å². The van der Waals surface area contributed by atoms with Gasteiger partial charge in [-0.05, 0) is 43.0 Å². The number of amides is 2. The molecule has 2 aliphatic heterocycles. The predicted octanol–water partition coefficient (Wildman–Crippen LogP) is 4.52. The van der Waals surface area contributed by atoms with Gasteiger partial charge >= 0.3 is 0 Å². The van der Waals surface area contributed by atoms with Crippen molar-refractivity contribution in [2.24, 2.45) is 0 Å². The maximum atomic E-state index is 13.3. The summed E-state index contributed by atoms with van der Waals surface area (Å²) in [6.45, 7) is 4.67. The first-order valence-electron chi connectivity index (χ1n) is 12.3. The lowest BCUT2D eigenvalue weighted by atomic mass is 10.1. The third-order valence-corrected chi connectivity index (χ3v) is 7.09. The first-order valence-corrected chi connectivity index (χ1v) is 12.3. The zero-order chi connectivity index (χ0) is 22.8. The Labute approximate surface area is 195 Å². The largest absolute Gasteiger partial charge is 0.341 e. The highest BCUT2D eigenvalue weighted by atomic mass is 16.2. The average Bonchev–Trinajstić information content (AvgIpc) is 3.26. The SMILES string of the molecule is CCc1ccccc1N1CC(c2nc3ccccc3n2CC(=O)N2CCCCCC2)CC1=O. The van der Waals surface area contributed by atoms with Crippen molar-refractivity contribution in [2.45, 2.75) is 57.9 Å². The van der Waals surface area contributed by atoms with E-state index in [1.807, 2.05) is 52.3 Å². The van der Waals surface area contributed by atoms with Crippen LogP contribution in [-0.4, -0.2) is 45.9 Å². The van der Waals surface area contributed by atoms with Gasteiger partial charge in [0.05, 0.1) is 11.0 Å². The van der Waals surface area contributed by atoms with Gasteiger partial charge in [0.15, 0.2) is 0 Å². The number of fused-ring (bicyclic) bond motifs is 1. The van der Waals surface area contributed by atoms with Crippen LogP contribution in [0.2, 0.25) is 0 Å². The number of likely N-dealkylation sites (tertiary alicyclic amines) is 1. The van der Waals surface area contributed by atoms with E-state index in [-0.39, 0.29) is 24.3 Å². The average molecular weight is 445 g/mol. The minimum atomic E-state index is -0.0354. The molecule has 33 heavy (non-hydrogen) atoms. The fourth-order valence-electron chi connectivity index (χ4n) is 5.31. The molecule has 0 aliphatic carbocycles. The molecule has 0 N–H and O–H groups in total. The van der Waals surface area contributed by atoms with Gasteiger partial charge in [-0.15, -0.1) is 0 Å². The van der Waals surface area contributed by atoms with Crippen LogP contribution in [0.15, 0.2) is 48.5 Å². The van der Waals surface area contributed by atoms with Gasteiger partial charge in [-0.25, -0.2) is 4.98 Å². The summed E-state index contributed by atoms with van der Waals surface area (Å²) < 4.78 is 2.07. The second-order valence-corrected chi connectivity index (χ2v) is 9.23. The summed E-state index contributed by atoms with van der Waals surface area (Å²) in [5.41, 5.74) is 4.03. The Kier molecular flexibility index (Phi) is 6.16. The zero-order valence-electron chi connectivity index (χ0n) is 19.4. The minimum absolute atomic E-state index is 0.0354. The van der Waals surface area contributed by atoms with E-state index >= 15 is 0 Å². The molecule has 5 rings (SSSR count). The Morgan fingerprint density at radius 1 is 1.00 bits per heavy atom.